The van der Waals surface area contributed by atoms with Crippen LogP contribution >= 0.6 is 11.8 Å². The average Bonchev–Trinajstić information content (AvgIpc) is 3.14. The molecule has 0 radical (unpaired) electrons. The highest BCUT2D eigenvalue weighted by Gasteiger charge is 2.68. The average molecular weight is 392 g/mol. The molecular formula is C19H24N2O5S. The van der Waals surface area contributed by atoms with Crippen molar-refractivity contribution in [2.75, 3.05) is 25.7 Å². The van der Waals surface area contributed by atoms with E-state index in [4.69, 9.17) is 4.74 Å². The summed E-state index contributed by atoms with van der Waals surface area (Å²) >= 11 is 1.57. The Balaban J connectivity index is 2.12. The summed E-state index contributed by atoms with van der Waals surface area (Å²) in [4.78, 5) is 40.2. The number of esters is 1. The van der Waals surface area contributed by atoms with Crippen LogP contribution in [0.1, 0.15) is 24.9 Å². The molecule has 27 heavy (non-hydrogen) atoms. The maximum absolute atomic E-state index is 13.1. The molecule has 3 rings (SSSR count). The summed E-state index contributed by atoms with van der Waals surface area (Å²) < 4.78 is 5.07. The predicted molar refractivity (Wildman–Crippen MR) is 101 cm³/mol. The molecule has 2 N–H and O–H groups in total. The molecule has 7 nitrogen and oxygen atoms in total. The minimum Gasteiger partial charge on any atom is -0.508 e. The Kier molecular flexibility index (Phi) is 5.48. The maximum atomic E-state index is 13.1. The number of hydrogen-bond acceptors (Lipinski definition) is 7. The SMILES string of the molecule is CCN1C(=O)[C@H]2[C@@H](C1=O)[C@@](CCSC)(C(=O)OC)N[C@H]2c1ccc(O)cc1. The van der Waals surface area contributed by atoms with Gasteiger partial charge in [0.05, 0.1) is 18.9 Å². The maximum Gasteiger partial charge on any atom is 0.326 e. The second-order valence-corrected chi connectivity index (χ2v) is 7.83. The zero-order chi connectivity index (χ0) is 19.8. The minimum absolute atomic E-state index is 0.110. The second kappa shape index (κ2) is 7.52. The van der Waals surface area contributed by atoms with E-state index in [1.807, 2.05) is 6.26 Å². The standard InChI is InChI=1S/C19H24N2O5S/c1-4-21-16(23)13-14(17(21)24)19(9-10-27-3,18(25)26-2)20-15(13)11-5-7-12(22)8-6-11/h5-8,13-15,20,22H,4,9-10H2,1-3H3/t13-,14-,15-,19-/m0/s1. The van der Waals surface area contributed by atoms with Crippen LogP contribution in [0.15, 0.2) is 24.3 Å². The van der Waals surface area contributed by atoms with E-state index < -0.39 is 29.4 Å². The van der Waals surface area contributed by atoms with Crippen LogP contribution in [0.5, 0.6) is 5.75 Å². The molecule has 2 aliphatic rings. The lowest BCUT2D eigenvalue weighted by Crippen LogP contribution is -2.56. The number of rotatable bonds is 6. The van der Waals surface area contributed by atoms with Crippen molar-refractivity contribution < 1.29 is 24.2 Å². The number of ether oxygens (including phenoxy) is 1. The number of aromatic hydroxyl groups is 1. The molecule has 0 unspecified atom stereocenters. The van der Waals surface area contributed by atoms with Crippen LogP contribution in [-0.4, -0.2) is 59.0 Å². The number of amides is 2. The second-order valence-electron chi connectivity index (χ2n) is 6.84. The highest BCUT2D eigenvalue weighted by atomic mass is 32.2. The van der Waals surface area contributed by atoms with Crippen LogP contribution in [-0.2, 0) is 19.1 Å². The van der Waals surface area contributed by atoms with Gasteiger partial charge in [-0.15, -0.1) is 0 Å². The fourth-order valence-corrected chi connectivity index (χ4v) is 4.83. The number of carbonyl (C=O) groups excluding carboxylic acids is 3. The van der Waals surface area contributed by atoms with E-state index in [0.717, 1.165) is 5.56 Å². The summed E-state index contributed by atoms with van der Waals surface area (Å²) in [5.74, 6) is -1.85. The third-order valence-electron chi connectivity index (χ3n) is 5.56. The Morgan fingerprint density at radius 2 is 1.96 bits per heavy atom. The van der Waals surface area contributed by atoms with Crippen molar-refractivity contribution in [1.82, 2.24) is 10.2 Å². The van der Waals surface area contributed by atoms with Gasteiger partial charge in [-0.25, -0.2) is 0 Å². The van der Waals surface area contributed by atoms with Crippen LogP contribution in [0, 0.1) is 11.8 Å². The largest absolute Gasteiger partial charge is 0.508 e. The van der Waals surface area contributed by atoms with E-state index in [2.05, 4.69) is 5.32 Å². The quantitative estimate of drug-likeness (QED) is 0.557. The summed E-state index contributed by atoms with van der Waals surface area (Å²) in [7, 11) is 1.30. The number of imide groups is 1. The van der Waals surface area contributed by atoms with Gasteiger partial charge in [-0.2, -0.15) is 11.8 Å². The molecule has 4 atom stereocenters. The first-order valence-electron chi connectivity index (χ1n) is 8.90. The van der Waals surface area contributed by atoms with Gasteiger partial charge in [0.25, 0.3) is 0 Å². The molecule has 146 valence electrons. The van der Waals surface area contributed by atoms with Crippen LogP contribution in [0.4, 0.5) is 0 Å². The number of carbonyl (C=O) groups is 3. The number of thioether (sulfide) groups is 1. The van der Waals surface area contributed by atoms with Crippen LogP contribution in [0.2, 0.25) is 0 Å². The van der Waals surface area contributed by atoms with Crippen molar-refractivity contribution in [2.45, 2.75) is 24.9 Å². The molecule has 2 heterocycles. The Morgan fingerprint density at radius 1 is 1.30 bits per heavy atom. The third-order valence-corrected chi connectivity index (χ3v) is 6.18. The van der Waals surface area contributed by atoms with E-state index in [0.29, 0.717) is 12.2 Å². The van der Waals surface area contributed by atoms with Gasteiger partial charge in [-0.05, 0) is 43.0 Å². The summed E-state index contributed by atoms with van der Waals surface area (Å²) in [6.45, 7) is 2.02. The molecular weight excluding hydrogens is 368 g/mol. The van der Waals surface area contributed by atoms with Gasteiger partial charge < -0.3 is 9.84 Å². The third kappa shape index (κ3) is 3.00. The molecule has 2 saturated heterocycles. The Hall–Kier alpha value is -2.06. The number of benzene rings is 1. The highest BCUT2D eigenvalue weighted by molar-refractivity contribution is 7.98. The van der Waals surface area contributed by atoms with Gasteiger partial charge in [0, 0.05) is 12.6 Å². The van der Waals surface area contributed by atoms with Crippen LogP contribution in [0.3, 0.4) is 0 Å². The molecule has 0 bridgehead atoms. The number of hydrogen-bond donors (Lipinski definition) is 2. The van der Waals surface area contributed by atoms with Crippen molar-refractivity contribution in [1.29, 1.82) is 0 Å². The fraction of sp³-hybridized carbons (Fsp3) is 0.526. The lowest BCUT2D eigenvalue weighted by molar-refractivity contribution is -0.154. The molecule has 0 aliphatic carbocycles. The first-order chi connectivity index (χ1) is 12.9. The lowest BCUT2D eigenvalue weighted by Gasteiger charge is -2.32. The highest BCUT2D eigenvalue weighted by Crippen LogP contribution is 2.50. The molecule has 2 amide bonds. The van der Waals surface area contributed by atoms with E-state index in [1.165, 1.54) is 24.1 Å². The molecule has 2 fully saturated rings. The van der Waals surface area contributed by atoms with E-state index in [-0.39, 0.29) is 24.1 Å². The summed E-state index contributed by atoms with van der Waals surface area (Å²) in [6.07, 6.45) is 2.31. The predicted octanol–water partition coefficient (Wildman–Crippen LogP) is 1.32. The van der Waals surface area contributed by atoms with Gasteiger partial charge in [0.1, 0.15) is 11.3 Å². The van der Waals surface area contributed by atoms with E-state index in [9.17, 15) is 19.5 Å². The number of nitrogens with one attached hydrogen (secondary N) is 1. The molecule has 0 aromatic heterocycles. The monoisotopic (exact) mass is 392 g/mol. The smallest absolute Gasteiger partial charge is 0.326 e. The molecule has 0 spiro atoms. The Labute approximate surface area is 162 Å². The number of nitrogens with zero attached hydrogens (tertiary/aromatic N) is 1. The summed E-state index contributed by atoms with van der Waals surface area (Å²) in [5.41, 5.74) is -0.501. The zero-order valence-electron chi connectivity index (χ0n) is 15.6. The Morgan fingerprint density at radius 3 is 2.52 bits per heavy atom. The number of methoxy groups -OCH3 is 1. The van der Waals surface area contributed by atoms with Crippen LogP contribution < -0.4 is 5.32 Å². The summed E-state index contributed by atoms with van der Waals surface area (Å²) in [6, 6.07) is 5.97. The van der Waals surface area contributed by atoms with Crippen molar-refractivity contribution in [3.8, 4) is 5.75 Å². The number of phenolic OH excluding ortho intramolecular Hbond substituents is 1. The number of fused-ring (bicyclic) bond motifs is 1. The van der Waals surface area contributed by atoms with Crippen molar-refractivity contribution in [2.24, 2.45) is 11.8 Å². The van der Waals surface area contributed by atoms with Gasteiger partial charge in [0.15, 0.2) is 0 Å². The van der Waals surface area contributed by atoms with Gasteiger partial charge in [0.2, 0.25) is 11.8 Å². The minimum atomic E-state index is -1.25. The zero-order valence-corrected chi connectivity index (χ0v) is 16.4. The number of phenols is 1. The topological polar surface area (TPSA) is 95.9 Å². The Bertz CT molecular complexity index is 753. The van der Waals surface area contributed by atoms with Crippen molar-refractivity contribution in [3.05, 3.63) is 29.8 Å². The normalized spacial score (nSPS) is 29.9. The van der Waals surface area contributed by atoms with Crippen LogP contribution in [0.25, 0.3) is 0 Å². The molecule has 1 aromatic carbocycles. The first kappa shape index (κ1) is 19.7. The lowest BCUT2D eigenvalue weighted by atomic mass is 9.78. The molecule has 2 aliphatic heterocycles. The molecule has 8 heteroatoms. The first-order valence-corrected chi connectivity index (χ1v) is 10.3. The van der Waals surface area contributed by atoms with Gasteiger partial charge in [-0.3, -0.25) is 24.6 Å². The van der Waals surface area contributed by atoms with Gasteiger partial charge >= 0.3 is 5.97 Å². The molecule has 0 saturated carbocycles. The van der Waals surface area contributed by atoms with Crippen molar-refractivity contribution >= 4 is 29.5 Å². The fourth-order valence-electron chi connectivity index (χ4n) is 4.31. The summed E-state index contributed by atoms with van der Waals surface area (Å²) in [5, 5.41) is 12.9. The number of likely N-dealkylation sites (tertiary alicyclic amines) is 1. The van der Waals surface area contributed by atoms with E-state index in [1.54, 1.807) is 30.8 Å². The van der Waals surface area contributed by atoms with Gasteiger partial charge in [-0.1, -0.05) is 12.1 Å². The molecule has 1 aromatic rings. The van der Waals surface area contributed by atoms with Crippen molar-refractivity contribution in [3.63, 3.8) is 0 Å². The van der Waals surface area contributed by atoms with E-state index >= 15 is 0 Å².